The van der Waals surface area contributed by atoms with Crippen LogP contribution in [-0.4, -0.2) is 9.55 Å². The molecule has 0 aliphatic carbocycles. The first-order valence-electron chi connectivity index (χ1n) is 6.36. The van der Waals surface area contributed by atoms with E-state index in [0.29, 0.717) is 16.9 Å². The highest BCUT2D eigenvalue weighted by molar-refractivity contribution is 5.91. The summed E-state index contributed by atoms with van der Waals surface area (Å²) >= 11 is 0. The summed E-state index contributed by atoms with van der Waals surface area (Å²) in [5.74, 6) is 0.0161. The summed E-state index contributed by atoms with van der Waals surface area (Å²) in [4.78, 5) is 4.21. The molecule has 7 heteroatoms. The van der Waals surface area contributed by atoms with Crippen LogP contribution in [0.2, 0.25) is 0 Å². The molecule has 0 atom stereocenters. The molecule has 3 rings (SSSR count). The number of nitrogens with two attached hydrogens (primary N) is 1. The zero-order valence-electron chi connectivity index (χ0n) is 11.4. The number of anilines is 1. The van der Waals surface area contributed by atoms with Crippen LogP contribution < -0.4 is 5.73 Å². The number of nitrogen functional groups attached to an aromatic ring is 1. The van der Waals surface area contributed by atoms with Gasteiger partial charge in [-0.15, -0.1) is 0 Å². The number of rotatable bonds is 1. The Labute approximate surface area is 123 Å². The van der Waals surface area contributed by atoms with Gasteiger partial charge < -0.3 is 10.3 Å². The number of alkyl halides is 3. The minimum atomic E-state index is -4.49. The Kier molecular flexibility index (Phi) is 3.09. The van der Waals surface area contributed by atoms with Crippen molar-refractivity contribution in [1.82, 2.24) is 9.55 Å². The fourth-order valence-electron chi connectivity index (χ4n) is 2.41. The van der Waals surface area contributed by atoms with Gasteiger partial charge in [-0.3, -0.25) is 0 Å². The number of fused-ring (bicyclic) bond motifs is 1. The van der Waals surface area contributed by atoms with Gasteiger partial charge in [0, 0.05) is 12.6 Å². The Bertz CT molecular complexity index is 848. The van der Waals surface area contributed by atoms with Crippen molar-refractivity contribution < 1.29 is 17.6 Å². The molecule has 3 nitrogen and oxygen atoms in total. The van der Waals surface area contributed by atoms with Crippen molar-refractivity contribution >= 4 is 16.7 Å². The molecule has 1 heterocycles. The maximum absolute atomic E-state index is 13.0. The Hall–Kier alpha value is -2.57. The standard InChI is InChI=1S/C15H11F4N3/c1-22-13-11(20)6-9(15(17,18)19)7-12(13)21-14(22)8-2-4-10(16)5-3-8/h2-7H,20H2,1H3. The summed E-state index contributed by atoms with van der Waals surface area (Å²) in [6.45, 7) is 0. The van der Waals surface area contributed by atoms with Gasteiger partial charge in [-0.25, -0.2) is 9.37 Å². The Balaban J connectivity index is 2.24. The molecule has 114 valence electrons. The number of halogens is 4. The number of hydrogen-bond acceptors (Lipinski definition) is 2. The van der Waals surface area contributed by atoms with Gasteiger partial charge in [0.25, 0.3) is 0 Å². The fourth-order valence-corrected chi connectivity index (χ4v) is 2.41. The largest absolute Gasteiger partial charge is 0.416 e. The van der Waals surface area contributed by atoms with E-state index >= 15 is 0 Å². The number of benzene rings is 2. The molecule has 3 aromatic rings. The number of aryl methyl sites for hydroxylation is 1. The van der Waals surface area contributed by atoms with Crippen LogP contribution in [0.1, 0.15) is 5.56 Å². The monoisotopic (exact) mass is 309 g/mol. The van der Waals surface area contributed by atoms with Gasteiger partial charge in [-0.1, -0.05) is 0 Å². The highest BCUT2D eigenvalue weighted by atomic mass is 19.4. The number of nitrogens with zero attached hydrogens (tertiary/aromatic N) is 2. The summed E-state index contributed by atoms with van der Waals surface area (Å²) in [5, 5.41) is 0. The van der Waals surface area contributed by atoms with Crippen LogP contribution in [-0.2, 0) is 13.2 Å². The molecule has 2 N–H and O–H groups in total. The lowest BCUT2D eigenvalue weighted by Gasteiger charge is -2.08. The minimum absolute atomic E-state index is 0.00631. The summed E-state index contributed by atoms with van der Waals surface area (Å²) in [5.41, 5.74) is 6.04. The quantitative estimate of drug-likeness (QED) is 0.546. The van der Waals surface area contributed by atoms with Gasteiger partial charge >= 0.3 is 6.18 Å². The van der Waals surface area contributed by atoms with Crippen molar-refractivity contribution in [2.24, 2.45) is 7.05 Å². The van der Waals surface area contributed by atoms with Crippen LogP contribution in [0.4, 0.5) is 23.2 Å². The minimum Gasteiger partial charge on any atom is -0.397 e. The van der Waals surface area contributed by atoms with Crippen molar-refractivity contribution in [3.8, 4) is 11.4 Å². The summed E-state index contributed by atoms with van der Waals surface area (Å²) < 4.78 is 53.1. The third-order valence-corrected chi connectivity index (χ3v) is 3.43. The maximum Gasteiger partial charge on any atom is 0.416 e. The lowest BCUT2D eigenvalue weighted by Crippen LogP contribution is -2.06. The topological polar surface area (TPSA) is 43.8 Å². The third kappa shape index (κ3) is 2.28. The van der Waals surface area contributed by atoms with E-state index in [1.807, 2.05) is 0 Å². The molecular formula is C15H11F4N3. The molecule has 0 spiro atoms. The second-order valence-electron chi connectivity index (χ2n) is 4.93. The van der Waals surface area contributed by atoms with E-state index in [2.05, 4.69) is 4.98 Å². The average Bonchev–Trinajstić information content (AvgIpc) is 2.76. The van der Waals surface area contributed by atoms with E-state index in [-0.39, 0.29) is 11.2 Å². The van der Waals surface area contributed by atoms with Crippen LogP contribution in [0, 0.1) is 5.82 Å². The number of imidazole rings is 1. The molecule has 0 bridgehead atoms. The highest BCUT2D eigenvalue weighted by Gasteiger charge is 2.32. The first-order chi connectivity index (χ1) is 10.3. The molecular weight excluding hydrogens is 298 g/mol. The van der Waals surface area contributed by atoms with Crippen molar-refractivity contribution in [3.05, 3.63) is 47.8 Å². The van der Waals surface area contributed by atoms with Gasteiger partial charge in [0.2, 0.25) is 0 Å². The molecule has 22 heavy (non-hydrogen) atoms. The summed E-state index contributed by atoms with van der Waals surface area (Å²) in [6, 6.07) is 7.39. The first-order valence-corrected chi connectivity index (χ1v) is 6.36. The Morgan fingerprint density at radius 2 is 1.73 bits per heavy atom. The zero-order valence-corrected chi connectivity index (χ0v) is 11.4. The van der Waals surface area contributed by atoms with Crippen molar-refractivity contribution in [2.75, 3.05) is 5.73 Å². The van der Waals surface area contributed by atoms with E-state index in [1.54, 1.807) is 11.6 Å². The van der Waals surface area contributed by atoms with Crippen molar-refractivity contribution in [3.63, 3.8) is 0 Å². The van der Waals surface area contributed by atoms with Crippen LogP contribution in [0.25, 0.3) is 22.4 Å². The van der Waals surface area contributed by atoms with Crippen LogP contribution in [0.15, 0.2) is 36.4 Å². The average molecular weight is 309 g/mol. The van der Waals surface area contributed by atoms with Crippen LogP contribution in [0.3, 0.4) is 0 Å². The van der Waals surface area contributed by atoms with Gasteiger partial charge in [0.1, 0.15) is 11.6 Å². The first kappa shape index (κ1) is 14.4. The SMILES string of the molecule is Cn1c(-c2ccc(F)cc2)nc2cc(C(F)(F)F)cc(N)c21. The molecule has 0 amide bonds. The molecule has 1 aromatic heterocycles. The highest BCUT2D eigenvalue weighted by Crippen LogP contribution is 2.35. The predicted molar refractivity (Wildman–Crippen MR) is 75.5 cm³/mol. The Morgan fingerprint density at radius 3 is 2.32 bits per heavy atom. The van der Waals surface area contributed by atoms with E-state index in [4.69, 9.17) is 5.73 Å². The molecule has 0 saturated carbocycles. The lowest BCUT2D eigenvalue weighted by atomic mass is 10.1. The smallest absolute Gasteiger partial charge is 0.397 e. The second kappa shape index (κ2) is 4.72. The molecule has 0 fully saturated rings. The number of hydrogen-bond donors (Lipinski definition) is 1. The third-order valence-electron chi connectivity index (χ3n) is 3.43. The zero-order chi connectivity index (χ0) is 16.1. The molecule has 0 saturated heterocycles. The van der Waals surface area contributed by atoms with E-state index < -0.39 is 17.6 Å². The summed E-state index contributed by atoms with van der Waals surface area (Å²) in [6.07, 6.45) is -4.49. The Morgan fingerprint density at radius 1 is 1.09 bits per heavy atom. The van der Waals surface area contributed by atoms with Gasteiger partial charge in [-0.2, -0.15) is 13.2 Å². The van der Waals surface area contributed by atoms with E-state index in [1.165, 1.54) is 24.3 Å². The number of aromatic nitrogens is 2. The van der Waals surface area contributed by atoms with Gasteiger partial charge in [0.15, 0.2) is 0 Å². The molecule has 0 radical (unpaired) electrons. The molecule has 2 aromatic carbocycles. The van der Waals surface area contributed by atoms with Crippen molar-refractivity contribution in [1.29, 1.82) is 0 Å². The molecule has 0 aliphatic rings. The van der Waals surface area contributed by atoms with Crippen LogP contribution in [0.5, 0.6) is 0 Å². The van der Waals surface area contributed by atoms with E-state index in [9.17, 15) is 17.6 Å². The van der Waals surface area contributed by atoms with Crippen LogP contribution >= 0.6 is 0 Å². The second-order valence-corrected chi connectivity index (χ2v) is 4.93. The van der Waals surface area contributed by atoms with Crippen molar-refractivity contribution in [2.45, 2.75) is 6.18 Å². The van der Waals surface area contributed by atoms with Gasteiger partial charge in [0.05, 0.1) is 22.3 Å². The maximum atomic E-state index is 13.0. The lowest BCUT2D eigenvalue weighted by molar-refractivity contribution is -0.137. The normalized spacial score (nSPS) is 12.0. The molecule has 0 unspecified atom stereocenters. The predicted octanol–water partition coefficient (Wildman–Crippen LogP) is 3.98. The van der Waals surface area contributed by atoms with Gasteiger partial charge in [-0.05, 0) is 36.4 Å². The van der Waals surface area contributed by atoms with E-state index in [0.717, 1.165) is 12.1 Å². The molecule has 0 aliphatic heterocycles. The summed E-state index contributed by atoms with van der Waals surface area (Å²) in [7, 11) is 1.65. The fraction of sp³-hybridized carbons (Fsp3) is 0.133.